The first-order valence-electron chi connectivity index (χ1n) is 1.59. The lowest BCUT2D eigenvalue weighted by Gasteiger charge is -1.88. The minimum Gasteiger partial charge on any atom is -0.240 e. The van der Waals surface area contributed by atoms with Gasteiger partial charge in [-0.25, -0.2) is 7.23 Å². The van der Waals surface area contributed by atoms with Gasteiger partial charge in [-0.15, -0.1) is 0 Å². The molecule has 0 aromatic heterocycles. The van der Waals surface area contributed by atoms with Gasteiger partial charge < -0.3 is 0 Å². The van der Waals surface area contributed by atoms with Crippen molar-refractivity contribution in [2.24, 2.45) is 0 Å². The van der Waals surface area contributed by atoms with E-state index >= 15 is 0 Å². The van der Waals surface area contributed by atoms with E-state index in [2.05, 4.69) is 7.23 Å². The van der Waals surface area contributed by atoms with Gasteiger partial charge in [0.05, 0.1) is 12.2 Å². The molecule has 6 heavy (non-hydrogen) atoms. The average Bonchev–Trinajstić information content (AvgIpc) is 1.61. The molecule has 0 aliphatic heterocycles. The molecule has 0 atom stereocenters. The molecular weight excluding hydrogens is 213 g/mol. The molecule has 0 spiro atoms. The minimum absolute atomic E-state index is 0.938. The molecule has 0 radical (unpaired) electrons. The van der Waals surface area contributed by atoms with Crippen LogP contribution in [0.1, 0.15) is 6.92 Å². The van der Waals surface area contributed by atoms with Crippen LogP contribution in [0.5, 0.6) is 0 Å². The van der Waals surface area contributed by atoms with Crippen LogP contribution in [0.4, 0.5) is 0 Å². The second kappa shape index (κ2) is 6.00. The van der Waals surface area contributed by atoms with Crippen LogP contribution in [0.3, 0.4) is 0 Å². The molecule has 0 amide bonds. The van der Waals surface area contributed by atoms with Crippen LogP contribution < -0.4 is 4.72 Å². The summed E-state index contributed by atoms with van der Waals surface area (Å²) in [6, 6.07) is 0. The van der Waals surface area contributed by atoms with Crippen molar-refractivity contribution in [3.63, 3.8) is 0 Å². The molecule has 2 nitrogen and oxygen atoms in total. The fraction of sp³-hybridized carbons (Fsp3) is 1.00. The Morgan fingerprint density at radius 1 is 2.00 bits per heavy atom. The molecule has 0 rings (SSSR count). The zero-order valence-corrected chi connectivity index (χ0v) is 6.38. The summed E-state index contributed by atoms with van der Waals surface area (Å²) < 4.78 is 7.44. The highest BCUT2D eigenvalue weighted by molar-refractivity contribution is 14.1. The van der Waals surface area contributed by atoms with E-state index in [1.807, 2.05) is 29.9 Å². The van der Waals surface area contributed by atoms with Gasteiger partial charge in [-0.2, -0.15) is 0 Å². The maximum atomic E-state index is 4.56. The largest absolute Gasteiger partial charge is 0.240 e. The highest BCUT2D eigenvalue weighted by Crippen LogP contribution is 1.99. The van der Waals surface area contributed by atoms with E-state index in [0.29, 0.717) is 0 Å². The third-order valence-corrected chi connectivity index (χ3v) is 1.24. The molecule has 0 bridgehead atoms. The third-order valence-electron chi connectivity index (χ3n) is 0.235. The first-order chi connectivity index (χ1) is 2.91. The summed E-state index contributed by atoms with van der Waals surface area (Å²) in [5.41, 5.74) is 0. The molecule has 0 heterocycles. The summed E-state index contributed by atoms with van der Waals surface area (Å²) >= 11 is 3.06. The average molecular weight is 219 g/mol. The van der Waals surface area contributed by atoms with Crippen molar-refractivity contribution in [2.75, 3.05) is 6.54 Å². The van der Waals surface area contributed by atoms with E-state index in [1.165, 1.54) is 12.2 Å². The Labute approximate surface area is 56.0 Å². The Balaban J connectivity index is 2.34. The Hall–Kier alpha value is 1.00. The first-order valence-corrected chi connectivity index (χ1v) is 3.21. The second-order valence-electron chi connectivity index (χ2n) is 0.644. The summed E-state index contributed by atoms with van der Waals surface area (Å²) in [6.07, 6.45) is 0. The molecule has 0 aliphatic carbocycles. The van der Waals surface area contributed by atoms with Gasteiger partial charge in [0.1, 0.15) is 23.0 Å². The van der Waals surface area contributed by atoms with Crippen molar-refractivity contribution in [1.82, 2.24) is 4.72 Å². The maximum absolute atomic E-state index is 4.56. The van der Waals surface area contributed by atoms with E-state index in [0.717, 1.165) is 6.54 Å². The normalized spacial score (nSPS) is 9.00. The number of rotatable bonds is 3. The van der Waals surface area contributed by atoms with Crippen LogP contribution in [0.25, 0.3) is 0 Å². The van der Waals surface area contributed by atoms with Crippen molar-refractivity contribution < 1.29 is 2.51 Å². The lowest BCUT2D eigenvalue weighted by Crippen LogP contribution is -1.98. The third kappa shape index (κ3) is 5.00. The van der Waals surface area contributed by atoms with Gasteiger partial charge >= 0.3 is 0 Å². The monoisotopic (exact) mass is 219 g/mol. The zero-order valence-electron chi connectivity index (χ0n) is 3.40. The Morgan fingerprint density at radius 2 is 2.67 bits per heavy atom. The molecular formula is C2H6INOS. The molecule has 38 valence electrons. The second-order valence-corrected chi connectivity index (χ2v) is 2.30. The Kier molecular flexibility index (Phi) is 7.00. The summed E-state index contributed by atoms with van der Waals surface area (Å²) in [4.78, 5) is 0. The quantitative estimate of drug-likeness (QED) is 0.336. The van der Waals surface area contributed by atoms with Crippen molar-refractivity contribution in [3.8, 4) is 0 Å². The molecule has 4 heteroatoms. The van der Waals surface area contributed by atoms with E-state index in [9.17, 15) is 0 Å². The van der Waals surface area contributed by atoms with Crippen LogP contribution in [0, 0.1) is 0 Å². The van der Waals surface area contributed by atoms with E-state index < -0.39 is 0 Å². The van der Waals surface area contributed by atoms with Crippen LogP contribution in [0.15, 0.2) is 0 Å². The fourth-order valence-electron chi connectivity index (χ4n) is 0.0812. The molecule has 0 saturated heterocycles. The lowest BCUT2D eigenvalue weighted by atomic mass is 10.8. The van der Waals surface area contributed by atoms with Gasteiger partial charge in [0.25, 0.3) is 0 Å². The summed E-state index contributed by atoms with van der Waals surface area (Å²) in [5, 5.41) is 0. The SMILES string of the molecule is CCNSOI. The van der Waals surface area contributed by atoms with Gasteiger partial charge in [0.15, 0.2) is 0 Å². The zero-order chi connectivity index (χ0) is 4.83. The molecule has 0 saturated carbocycles. The van der Waals surface area contributed by atoms with Crippen LogP contribution >= 0.6 is 35.2 Å². The Bertz CT molecular complexity index is 25.5. The van der Waals surface area contributed by atoms with Gasteiger partial charge in [0, 0.05) is 6.54 Å². The van der Waals surface area contributed by atoms with Crippen LogP contribution in [-0.4, -0.2) is 6.54 Å². The summed E-state index contributed by atoms with van der Waals surface area (Å²) in [6.45, 7) is 2.95. The van der Waals surface area contributed by atoms with Gasteiger partial charge in [-0.05, 0) is 0 Å². The molecule has 0 fully saturated rings. The van der Waals surface area contributed by atoms with E-state index in [-0.39, 0.29) is 0 Å². The van der Waals surface area contributed by atoms with E-state index in [4.69, 9.17) is 0 Å². The molecule has 0 aliphatic rings. The highest BCUT2D eigenvalue weighted by atomic mass is 127. The molecule has 0 aromatic rings. The first kappa shape index (κ1) is 7.00. The summed E-state index contributed by atoms with van der Waals surface area (Å²) in [7, 11) is 0. The number of hydrogen-bond donors (Lipinski definition) is 1. The predicted molar refractivity (Wildman–Crippen MR) is 36.4 cm³/mol. The number of hydrogen-bond acceptors (Lipinski definition) is 3. The van der Waals surface area contributed by atoms with E-state index in [1.54, 1.807) is 0 Å². The smallest absolute Gasteiger partial charge is 0.129 e. The van der Waals surface area contributed by atoms with Crippen molar-refractivity contribution in [1.29, 1.82) is 0 Å². The molecule has 0 aromatic carbocycles. The minimum atomic E-state index is 0.938. The fourth-order valence-corrected chi connectivity index (χ4v) is 0.625. The van der Waals surface area contributed by atoms with Crippen molar-refractivity contribution >= 4 is 35.2 Å². The molecule has 0 unspecified atom stereocenters. The number of halogens is 1. The Morgan fingerprint density at radius 3 is 2.83 bits per heavy atom. The topological polar surface area (TPSA) is 21.3 Å². The maximum Gasteiger partial charge on any atom is 0.129 e. The van der Waals surface area contributed by atoms with Crippen LogP contribution in [-0.2, 0) is 2.51 Å². The molecule has 1 N–H and O–H groups in total. The van der Waals surface area contributed by atoms with Crippen molar-refractivity contribution in [2.45, 2.75) is 6.92 Å². The van der Waals surface area contributed by atoms with Crippen molar-refractivity contribution in [3.05, 3.63) is 0 Å². The van der Waals surface area contributed by atoms with Gasteiger partial charge in [-0.1, -0.05) is 6.92 Å². The lowest BCUT2D eigenvalue weighted by molar-refractivity contribution is 0.816. The van der Waals surface area contributed by atoms with Crippen LogP contribution in [0.2, 0.25) is 0 Å². The predicted octanol–water partition coefficient (Wildman–Crippen LogP) is 1.53. The van der Waals surface area contributed by atoms with Gasteiger partial charge in [-0.3, -0.25) is 0 Å². The van der Waals surface area contributed by atoms with Gasteiger partial charge in [0.2, 0.25) is 0 Å². The standard InChI is InChI=1S/C2H6INOS/c1-2-4-6-5-3/h4H,2H2,1H3. The summed E-state index contributed by atoms with van der Waals surface area (Å²) in [5.74, 6) is 0. The number of nitrogens with one attached hydrogen (secondary N) is 1. The highest BCUT2D eigenvalue weighted by Gasteiger charge is 1.74.